The van der Waals surface area contributed by atoms with Gasteiger partial charge in [0.2, 0.25) is 5.89 Å². The van der Waals surface area contributed by atoms with Crippen molar-refractivity contribution in [3.05, 3.63) is 72.8 Å². The first-order valence-electron chi connectivity index (χ1n) is 7.12. The highest BCUT2D eigenvalue weighted by Crippen LogP contribution is 2.24. The van der Waals surface area contributed by atoms with Crippen LogP contribution in [0, 0.1) is 0 Å². The number of nitrogens with zero attached hydrogens (tertiary/aromatic N) is 1. The highest BCUT2D eigenvalue weighted by Gasteiger charge is 2.20. The summed E-state index contributed by atoms with van der Waals surface area (Å²) in [5, 5.41) is 7.71. The van der Waals surface area contributed by atoms with E-state index in [1.807, 2.05) is 60.7 Å². The number of oxazole rings is 1. The molecule has 1 N–H and O–H groups in total. The van der Waals surface area contributed by atoms with Crippen LogP contribution in [0.4, 0.5) is 0 Å². The third-order valence-electron chi connectivity index (χ3n) is 3.04. The van der Waals surface area contributed by atoms with Crippen LogP contribution >= 0.6 is 12.6 Å². The van der Waals surface area contributed by atoms with Crippen molar-refractivity contribution in [3.8, 4) is 17.0 Å². The van der Waals surface area contributed by atoms with Crippen molar-refractivity contribution in [2.75, 3.05) is 7.11 Å². The predicted octanol–water partition coefficient (Wildman–Crippen LogP) is 4.09. The fourth-order valence-corrected chi connectivity index (χ4v) is 1.94. The molecule has 0 aliphatic heterocycles. The second-order valence-corrected chi connectivity index (χ2v) is 5.21. The number of aromatic nitrogens is 1. The Labute approximate surface area is 145 Å². The van der Waals surface area contributed by atoms with Crippen LogP contribution in [0.5, 0.6) is 5.75 Å². The summed E-state index contributed by atoms with van der Waals surface area (Å²) in [5.41, 5.74) is 1.49. The van der Waals surface area contributed by atoms with E-state index in [4.69, 9.17) is 14.3 Å². The van der Waals surface area contributed by atoms with Gasteiger partial charge in [0.15, 0.2) is 5.25 Å². The molecule has 0 bridgehead atoms. The lowest BCUT2D eigenvalue weighted by Crippen LogP contribution is -2.05. The summed E-state index contributed by atoms with van der Waals surface area (Å²) < 4.78 is 9.99. The molecule has 24 heavy (non-hydrogen) atoms. The summed E-state index contributed by atoms with van der Waals surface area (Å²) in [5.74, 6) is -0.0769. The Morgan fingerprint density at radius 3 is 2.21 bits per heavy atom. The van der Waals surface area contributed by atoms with Gasteiger partial charge in [-0.15, -0.1) is 0 Å². The number of benzene rings is 2. The van der Waals surface area contributed by atoms with E-state index in [0.29, 0.717) is 5.69 Å². The number of hydrogen-bond acceptors (Lipinski definition) is 5. The molecule has 1 aromatic heterocycles. The molecule has 0 spiro atoms. The molecule has 0 aliphatic carbocycles. The molecule has 1 heterocycles. The SMILES string of the molecule is COc1ccccc1.O=C(O)C(S)c1nc(-c2ccccc2)co1. The van der Waals surface area contributed by atoms with Crippen LogP contribution < -0.4 is 4.74 Å². The first-order valence-corrected chi connectivity index (χ1v) is 7.64. The second kappa shape index (κ2) is 8.79. The first kappa shape index (κ1) is 17.6. The minimum atomic E-state index is -1.08. The van der Waals surface area contributed by atoms with E-state index >= 15 is 0 Å². The Balaban J connectivity index is 0.000000219. The number of ether oxygens (including phenoxy) is 1. The largest absolute Gasteiger partial charge is 0.497 e. The quantitative estimate of drug-likeness (QED) is 0.698. The Hall–Kier alpha value is -2.73. The van der Waals surface area contributed by atoms with Gasteiger partial charge in [-0.2, -0.15) is 12.6 Å². The van der Waals surface area contributed by atoms with E-state index in [9.17, 15) is 4.79 Å². The smallest absolute Gasteiger partial charge is 0.325 e. The Morgan fingerprint density at radius 1 is 1.12 bits per heavy atom. The van der Waals surface area contributed by atoms with Gasteiger partial charge in [0, 0.05) is 5.56 Å². The van der Waals surface area contributed by atoms with Crippen molar-refractivity contribution < 1.29 is 19.1 Å². The number of methoxy groups -OCH3 is 1. The van der Waals surface area contributed by atoms with Crippen molar-refractivity contribution in [1.29, 1.82) is 0 Å². The molecule has 3 rings (SSSR count). The van der Waals surface area contributed by atoms with Crippen molar-refractivity contribution in [2.45, 2.75) is 5.25 Å². The van der Waals surface area contributed by atoms with Crippen LogP contribution in [-0.4, -0.2) is 23.2 Å². The van der Waals surface area contributed by atoms with Gasteiger partial charge in [0.1, 0.15) is 17.7 Å². The molecule has 0 radical (unpaired) electrons. The van der Waals surface area contributed by atoms with Crippen LogP contribution in [0.1, 0.15) is 11.1 Å². The molecule has 1 unspecified atom stereocenters. The molecular formula is C18H17NO4S. The first-order chi connectivity index (χ1) is 11.6. The summed E-state index contributed by atoms with van der Waals surface area (Å²) >= 11 is 3.88. The fourth-order valence-electron chi connectivity index (χ4n) is 1.82. The molecule has 0 aliphatic rings. The van der Waals surface area contributed by atoms with Gasteiger partial charge in [-0.25, -0.2) is 4.98 Å². The number of hydrogen-bond donors (Lipinski definition) is 2. The predicted molar refractivity (Wildman–Crippen MR) is 94.3 cm³/mol. The molecule has 0 fully saturated rings. The second-order valence-electron chi connectivity index (χ2n) is 4.69. The third kappa shape index (κ3) is 4.89. The number of carboxylic acid groups (broad SMARTS) is 1. The van der Waals surface area contributed by atoms with Crippen LogP contribution in [0.3, 0.4) is 0 Å². The summed E-state index contributed by atoms with van der Waals surface area (Å²) in [7, 11) is 1.66. The number of aliphatic carboxylic acids is 1. The highest BCUT2D eigenvalue weighted by molar-refractivity contribution is 7.81. The lowest BCUT2D eigenvalue weighted by Gasteiger charge is -1.97. The molecular weight excluding hydrogens is 326 g/mol. The zero-order chi connectivity index (χ0) is 17.4. The molecule has 1 atom stereocenters. The lowest BCUT2D eigenvalue weighted by molar-refractivity contribution is -0.136. The zero-order valence-electron chi connectivity index (χ0n) is 13.0. The maximum absolute atomic E-state index is 10.7. The normalized spacial score (nSPS) is 11.1. The standard InChI is InChI=1S/C11H9NO3S.C7H8O/c13-11(14)9(16)10-12-8(6-15-10)7-4-2-1-3-5-7;1-8-7-5-3-2-4-6-7/h1-6,9,16H,(H,13,14);2-6H,1H3. The number of rotatable bonds is 4. The van der Waals surface area contributed by atoms with E-state index in [1.165, 1.54) is 6.26 Å². The Bertz CT molecular complexity index is 759. The van der Waals surface area contributed by atoms with Gasteiger partial charge in [-0.1, -0.05) is 48.5 Å². The van der Waals surface area contributed by atoms with Crippen molar-refractivity contribution in [3.63, 3.8) is 0 Å². The van der Waals surface area contributed by atoms with Gasteiger partial charge < -0.3 is 14.3 Å². The van der Waals surface area contributed by atoms with Crippen molar-refractivity contribution in [1.82, 2.24) is 4.98 Å². The van der Waals surface area contributed by atoms with Crippen LogP contribution in [0.15, 0.2) is 71.3 Å². The number of thiol groups is 1. The van der Waals surface area contributed by atoms with E-state index in [-0.39, 0.29) is 5.89 Å². The number of para-hydroxylation sites is 1. The molecule has 5 nitrogen and oxygen atoms in total. The van der Waals surface area contributed by atoms with Crippen LogP contribution in [0.2, 0.25) is 0 Å². The Kier molecular flexibility index (Phi) is 6.45. The molecule has 0 amide bonds. The van der Waals surface area contributed by atoms with Gasteiger partial charge in [-0.05, 0) is 12.1 Å². The van der Waals surface area contributed by atoms with E-state index < -0.39 is 11.2 Å². The maximum atomic E-state index is 10.7. The van der Waals surface area contributed by atoms with E-state index in [2.05, 4.69) is 17.6 Å². The number of carboxylic acids is 1. The molecule has 3 aromatic rings. The lowest BCUT2D eigenvalue weighted by atomic mass is 10.2. The summed E-state index contributed by atoms with van der Waals surface area (Å²) in [6.07, 6.45) is 1.43. The molecule has 0 saturated heterocycles. The number of carbonyl (C=O) groups is 1. The summed E-state index contributed by atoms with van der Waals surface area (Å²) in [6, 6.07) is 19.1. The molecule has 6 heteroatoms. The minimum Gasteiger partial charge on any atom is -0.497 e. The van der Waals surface area contributed by atoms with Gasteiger partial charge in [0.25, 0.3) is 0 Å². The van der Waals surface area contributed by atoms with E-state index in [0.717, 1.165) is 11.3 Å². The third-order valence-corrected chi connectivity index (χ3v) is 3.48. The highest BCUT2D eigenvalue weighted by atomic mass is 32.1. The minimum absolute atomic E-state index is 0.0923. The molecule has 2 aromatic carbocycles. The van der Waals surface area contributed by atoms with E-state index in [1.54, 1.807) is 7.11 Å². The van der Waals surface area contributed by atoms with Crippen molar-refractivity contribution in [2.24, 2.45) is 0 Å². The topological polar surface area (TPSA) is 72.6 Å². The monoisotopic (exact) mass is 343 g/mol. The average Bonchev–Trinajstić information content (AvgIpc) is 3.13. The van der Waals surface area contributed by atoms with Gasteiger partial charge >= 0.3 is 5.97 Å². The van der Waals surface area contributed by atoms with Crippen LogP contribution in [-0.2, 0) is 4.79 Å². The Morgan fingerprint density at radius 2 is 1.71 bits per heavy atom. The molecule has 124 valence electrons. The van der Waals surface area contributed by atoms with Crippen LogP contribution in [0.25, 0.3) is 11.3 Å². The average molecular weight is 343 g/mol. The van der Waals surface area contributed by atoms with Gasteiger partial charge in [-0.3, -0.25) is 4.79 Å². The summed E-state index contributed by atoms with van der Waals surface area (Å²) in [4.78, 5) is 14.7. The zero-order valence-corrected chi connectivity index (χ0v) is 13.9. The molecule has 0 saturated carbocycles. The van der Waals surface area contributed by atoms with Gasteiger partial charge in [0.05, 0.1) is 7.11 Å². The summed E-state index contributed by atoms with van der Waals surface area (Å²) in [6.45, 7) is 0. The fraction of sp³-hybridized carbons (Fsp3) is 0.111. The maximum Gasteiger partial charge on any atom is 0.325 e. The van der Waals surface area contributed by atoms with Crippen molar-refractivity contribution >= 4 is 18.6 Å².